The molecule has 0 heterocycles. The molecule has 116 valence electrons. The van der Waals surface area contributed by atoms with E-state index in [1.54, 1.807) is 36.4 Å². The van der Waals surface area contributed by atoms with E-state index in [0.717, 1.165) is 5.56 Å². The summed E-state index contributed by atoms with van der Waals surface area (Å²) in [4.78, 5) is 12.1. The van der Waals surface area contributed by atoms with Gasteiger partial charge < -0.3 is 10.1 Å². The summed E-state index contributed by atoms with van der Waals surface area (Å²) >= 11 is 5.81. The molecule has 0 unspecified atom stereocenters. The van der Waals surface area contributed by atoms with Crippen molar-refractivity contribution in [2.24, 2.45) is 0 Å². The molecule has 0 radical (unpaired) electrons. The van der Waals surface area contributed by atoms with E-state index in [1.807, 2.05) is 6.92 Å². The van der Waals surface area contributed by atoms with Crippen molar-refractivity contribution >= 4 is 17.5 Å². The fourth-order valence-corrected chi connectivity index (χ4v) is 2.03. The van der Waals surface area contributed by atoms with Crippen LogP contribution in [-0.2, 0) is 11.3 Å². The van der Waals surface area contributed by atoms with Crippen LogP contribution in [0.25, 0.3) is 0 Å². The van der Waals surface area contributed by atoms with E-state index >= 15 is 0 Å². The molecule has 5 heteroatoms. The summed E-state index contributed by atoms with van der Waals surface area (Å²) < 4.78 is 18.5. The van der Waals surface area contributed by atoms with Crippen LogP contribution < -0.4 is 10.1 Å². The van der Waals surface area contributed by atoms with Crippen LogP contribution in [0.4, 0.5) is 4.39 Å². The predicted molar refractivity (Wildman–Crippen MR) is 84.4 cm³/mol. The Bertz CT molecular complexity index is 614. The standard InChI is InChI=1S/C17H17ClFNO2/c1-2-16(22-15-9-5-13(18)6-10-15)17(21)20-11-12-3-7-14(19)8-4-12/h3-10,16H,2,11H2,1H3,(H,20,21)/t16-/m1/s1. The van der Waals surface area contributed by atoms with Gasteiger partial charge in [0.25, 0.3) is 5.91 Å². The average Bonchev–Trinajstić information content (AvgIpc) is 2.53. The summed E-state index contributed by atoms with van der Waals surface area (Å²) in [6, 6.07) is 12.9. The molecule has 0 fully saturated rings. The number of carbonyl (C=O) groups excluding carboxylic acids is 1. The minimum Gasteiger partial charge on any atom is -0.481 e. The van der Waals surface area contributed by atoms with E-state index in [4.69, 9.17) is 16.3 Å². The van der Waals surface area contributed by atoms with Crippen molar-refractivity contribution in [3.8, 4) is 5.75 Å². The third kappa shape index (κ3) is 4.74. The minimum atomic E-state index is -0.582. The summed E-state index contributed by atoms with van der Waals surface area (Å²) in [5.74, 6) is 0.0857. The van der Waals surface area contributed by atoms with Crippen LogP contribution >= 0.6 is 11.6 Å². The van der Waals surface area contributed by atoms with E-state index in [0.29, 0.717) is 23.7 Å². The monoisotopic (exact) mass is 321 g/mol. The molecule has 0 saturated carbocycles. The second-order valence-corrected chi connectivity index (χ2v) is 5.25. The van der Waals surface area contributed by atoms with Crippen LogP contribution in [0, 0.1) is 5.82 Å². The maximum Gasteiger partial charge on any atom is 0.261 e. The number of nitrogens with one attached hydrogen (secondary N) is 1. The Morgan fingerprint density at radius 3 is 2.41 bits per heavy atom. The van der Waals surface area contributed by atoms with E-state index in [1.165, 1.54) is 12.1 Å². The molecule has 0 spiro atoms. The number of amides is 1. The van der Waals surface area contributed by atoms with Crippen LogP contribution in [0.1, 0.15) is 18.9 Å². The molecule has 3 nitrogen and oxygen atoms in total. The molecule has 0 aliphatic carbocycles. The van der Waals surface area contributed by atoms with Gasteiger partial charge in [0, 0.05) is 11.6 Å². The third-order valence-corrected chi connectivity index (χ3v) is 3.39. The second kappa shape index (κ2) is 7.80. The van der Waals surface area contributed by atoms with Crippen molar-refractivity contribution in [3.63, 3.8) is 0 Å². The zero-order valence-corrected chi connectivity index (χ0v) is 12.9. The number of hydrogen-bond donors (Lipinski definition) is 1. The van der Waals surface area contributed by atoms with Gasteiger partial charge in [-0.2, -0.15) is 0 Å². The van der Waals surface area contributed by atoms with E-state index in [9.17, 15) is 9.18 Å². The summed E-state index contributed by atoms with van der Waals surface area (Å²) in [7, 11) is 0. The van der Waals surface area contributed by atoms with Crippen molar-refractivity contribution in [2.45, 2.75) is 26.0 Å². The lowest BCUT2D eigenvalue weighted by Crippen LogP contribution is -2.37. The zero-order chi connectivity index (χ0) is 15.9. The molecule has 1 N–H and O–H groups in total. The van der Waals surface area contributed by atoms with Crippen LogP contribution in [0.15, 0.2) is 48.5 Å². The molecule has 0 aromatic heterocycles. The molecule has 2 rings (SSSR count). The highest BCUT2D eigenvalue weighted by atomic mass is 35.5. The molecular formula is C17H17ClFNO2. The quantitative estimate of drug-likeness (QED) is 0.874. The number of hydrogen-bond acceptors (Lipinski definition) is 2. The second-order valence-electron chi connectivity index (χ2n) is 4.81. The summed E-state index contributed by atoms with van der Waals surface area (Å²) in [5.41, 5.74) is 0.830. The van der Waals surface area contributed by atoms with Gasteiger partial charge in [0.2, 0.25) is 0 Å². The Morgan fingerprint density at radius 1 is 1.18 bits per heavy atom. The van der Waals surface area contributed by atoms with E-state index < -0.39 is 6.10 Å². The van der Waals surface area contributed by atoms with Crippen molar-refractivity contribution in [3.05, 3.63) is 64.9 Å². The fourth-order valence-electron chi connectivity index (χ4n) is 1.90. The molecule has 22 heavy (non-hydrogen) atoms. The Labute approximate surface area is 134 Å². The van der Waals surface area contributed by atoms with Gasteiger partial charge in [-0.3, -0.25) is 4.79 Å². The highest BCUT2D eigenvalue weighted by Gasteiger charge is 2.17. The summed E-state index contributed by atoms with van der Waals surface area (Å²) in [5, 5.41) is 3.40. The van der Waals surface area contributed by atoms with Crippen LogP contribution in [0.2, 0.25) is 5.02 Å². The van der Waals surface area contributed by atoms with E-state index in [2.05, 4.69) is 5.32 Å². The van der Waals surface area contributed by atoms with Gasteiger partial charge in [0.1, 0.15) is 11.6 Å². The lowest BCUT2D eigenvalue weighted by Gasteiger charge is -2.17. The Morgan fingerprint density at radius 2 is 1.82 bits per heavy atom. The van der Waals surface area contributed by atoms with Gasteiger partial charge in [-0.1, -0.05) is 30.7 Å². The van der Waals surface area contributed by atoms with Crippen LogP contribution in [0.5, 0.6) is 5.75 Å². The van der Waals surface area contributed by atoms with Crippen molar-refractivity contribution in [1.29, 1.82) is 0 Å². The number of benzene rings is 2. The van der Waals surface area contributed by atoms with Gasteiger partial charge in [0.15, 0.2) is 6.10 Å². The predicted octanol–water partition coefficient (Wildman–Crippen LogP) is 3.95. The number of rotatable bonds is 6. The summed E-state index contributed by atoms with van der Waals surface area (Å²) in [6.45, 7) is 2.21. The van der Waals surface area contributed by atoms with Crippen molar-refractivity contribution in [1.82, 2.24) is 5.32 Å². The van der Waals surface area contributed by atoms with Crippen LogP contribution in [0.3, 0.4) is 0 Å². The summed E-state index contributed by atoms with van der Waals surface area (Å²) in [6.07, 6.45) is -0.0423. The van der Waals surface area contributed by atoms with Gasteiger partial charge in [-0.15, -0.1) is 0 Å². The fraction of sp³-hybridized carbons (Fsp3) is 0.235. The molecule has 0 aliphatic rings. The lowest BCUT2D eigenvalue weighted by atomic mass is 10.2. The molecule has 0 aliphatic heterocycles. The topological polar surface area (TPSA) is 38.3 Å². The molecule has 0 bridgehead atoms. The lowest BCUT2D eigenvalue weighted by molar-refractivity contribution is -0.128. The molecule has 1 amide bonds. The van der Waals surface area contributed by atoms with Crippen molar-refractivity contribution < 1.29 is 13.9 Å². The van der Waals surface area contributed by atoms with Crippen LogP contribution in [-0.4, -0.2) is 12.0 Å². The maximum atomic E-state index is 12.8. The molecule has 1 atom stereocenters. The highest BCUT2D eigenvalue weighted by molar-refractivity contribution is 6.30. The van der Waals surface area contributed by atoms with Gasteiger partial charge in [-0.05, 0) is 48.4 Å². The zero-order valence-electron chi connectivity index (χ0n) is 12.2. The van der Waals surface area contributed by atoms with Crippen molar-refractivity contribution in [2.75, 3.05) is 0 Å². The van der Waals surface area contributed by atoms with E-state index in [-0.39, 0.29) is 11.7 Å². The molecule has 2 aromatic rings. The number of carbonyl (C=O) groups is 1. The van der Waals surface area contributed by atoms with Gasteiger partial charge in [0.05, 0.1) is 0 Å². The largest absolute Gasteiger partial charge is 0.481 e. The Hall–Kier alpha value is -2.07. The van der Waals surface area contributed by atoms with Gasteiger partial charge in [-0.25, -0.2) is 4.39 Å². The Balaban J connectivity index is 1.91. The molecule has 2 aromatic carbocycles. The average molecular weight is 322 g/mol. The first kappa shape index (κ1) is 16.3. The SMILES string of the molecule is CC[C@@H](Oc1ccc(Cl)cc1)C(=O)NCc1ccc(F)cc1. The maximum absolute atomic E-state index is 12.8. The Kier molecular flexibility index (Phi) is 5.78. The highest BCUT2D eigenvalue weighted by Crippen LogP contribution is 2.17. The first-order valence-electron chi connectivity index (χ1n) is 7.03. The molecular weight excluding hydrogens is 305 g/mol. The first-order chi connectivity index (χ1) is 10.6. The molecule has 0 saturated heterocycles. The minimum absolute atomic E-state index is 0.207. The third-order valence-electron chi connectivity index (χ3n) is 3.14. The smallest absolute Gasteiger partial charge is 0.261 e. The van der Waals surface area contributed by atoms with Gasteiger partial charge >= 0.3 is 0 Å². The first-order valence-corrected chi connectivity index (χ1v) is 7.40. The number of ether oxygens (including phenoxy) is 1. The number of halogens is 2. The normalized spacial score (nSPS) is 11.8.